The molecule has 0 aliphatic heterocycles. The number of benzene rings is 1. The number of aryl methyl sites for hydroxylation is 1. The smallest absolute Gasteiger partial charge is 0.0886 e. The zero-order chi connectivity index (χ0) is 9.97. The van der Waals surface area contributed by atoms with E-state index in [1.165, 1.54) is 0 Å². The highest BCUT2D eigenvalue weighted by Gasteiger charge is 1.98. The summed E-state index contributed by atoms with van der Waals surface area (Å²) in [4.78, 5) is 8.45. The molecule has 3 nitrogen and oxygen atoms in total. The van der Waals surface area contributed by atoms with Crippen LogP contribution in [0.2, 0.25) is 0 Å². The van der Waals surface area contributed by atoms with Crippen LogP contribution in [0, 0.1) is 6.92 Å². The molecular weight excluding hydrogens is 174 g/mol. The molecule has 14 heavy (non-hydrogen) atoms. The zero-order valence-electron chi connectivity index (χ0n) is 7.94. The van der Waals surface area contributed by atoms with Crippen molar-refractivity contribution in [3.05, 3.63) is 42.4 Å². The Morgan fingerprint density at radius 1 is 1.14 bits per heavy atom. The molecule has 0 aliphatic rings. The molecule has 2 N–H and O–H groups in total. The van der Waals surface area contributed by atoms with E-state index in [0.717, 1.165) is 22.6 Å². The molecule has 0 aliphatic carbocycles. The van der Waals surface area contributed by atoms with Crippen LogP contribution < -0.4 is 5.73 Å². The summed E-state index contributed by atoms with van der Waals surface area (Å²) in [6.07, 6.45) is 3.50. The van der Waals surface area contributed by atoms with Gasteiger partial charge in [-0.3, -0.25) is 9.97 Å². The Morgan fingerprint density at radius 3 is 2.64 bits per heavy atom. The molecule has 0 atom stereocenters. The number of rotatable bonds is 1. The van der Waals surface area contributed by atoms with Crippen molar-refractivity contribution in [1.29, 1.82) is 0 Å². The Balaban J connectivity index is 2.44. The maximum Gasteiger partial charge on any atom is 0.0886 e. The van der Waals surface area contributed by atoms with Gasteiger partial charge in [0.15, 0.2) is 0 Å². The average Bonchev–Trinajstić information content (AvgIpc) is 2.19. The highest BCUT2D eigenvalue weighted by molar-refractivity contribution is 5.62. The van der Waals surface area contributed by atoms with Gasteiger partial charge in [0, 0.05) is 17.4 Å². The molecule has 0 unspecified atom stereocenters. The average molecular weight is 185 g/mol. The van der Waals surface area contributed by atoms with Crippen LogP contribution in [0.25, 0.3) is 11.3 Å². The van der Waals surface area contributed by atoms with E-state index in [0.29, 0.717) is 0 Å². The van der Waals surface area contributed by atoms with E-state index in [9.17, 15) is 0 Å². The minimum Gasteiger partial charge on any atom is -0.399 e. The molecule has 0 amide bonds. The highest BCUT2D eigenvalue weighted by atomic mass is 14.8. The van der Waals surface area contributed by atoms with Gasteiger partial charge in [-0.15, -0.1) is 0 Å². The molecule has 0 bridgehead atoms. The summed E-state index contributed by atoms with van der Waals surface area (Å²) in [5.41, 5.74) is 9.18. The van der Waals surface area contributed by atoms with Crippen molar-refractivity contribution >= 4 is 5.69 Å². The molecule has 0 saturated heterocycles. The van der Waals surface area contributed by atoms with E-state index in [1.807, 2.05) is 31.2 Å². The lowest BCUT2D eigenvalue weighted by atomic mass is 10.1. The van der Waals surface area contributed by atoms with Gasteiger partial charge < -0.3 is 5.73 Å². The number of aromatic nitrogens is 2. The van der Waals surface area contributed by atoms with E-state index >= 15 is 0 Å². The van der Waals surface area contributed by atoms with Crippen LogP contribution in [0.1, 0.15) is 5.69 Å². The Morgan fingerprint density at radius 2 is 2.00 bits per heavy atom. The number of nitrogen functional groups attached to an aromatic ring is 1. The Labute approximate surface area is 82.6 Å². The van der Waals surface area contributed by atoms with Crippen LogP contribution in [0.3, 0.4) is 0 Å². The van der Waals surface area contributed by atoms with E-state index in [-0.39, 0.29) is 0 Å². The second-order valence-corrected chi connectivity index (χ2v) is 3.17. The van der Waals surface area contributed by atoms with Gasteiger partial charge >= 0.3 is 0 Å². The van der Waals surface area contributed by atoms with Gasteiger partial charge in [-0.2, -0.15) is 0 Å². The second-order valence-electron chi connectivity index (χ2n) is 3.17. The molecule has 1 aromatic carbocycles. The SMILES string of the molecule is Cc1cnc(-c2cccc(N)c2)cn1. The van der Waals surface area contributed by atoms with Gasteiger partial charge in [0.1, 0.15) is 0 Å². The number of hydrogen-bond acceptors (Lipinski definition) is 3. The van der Waals surface area contributed by atoms with Gasteiger partial charge in [0.05, 0.1) is 17.6 Å². The van der Waals surface area contributed by atoms with Crippen molar-refractivity contribution in [3.63, 3.8) is 0 Å². The third kappa shape index (κ3) is 1.71. The fourth-order valence-corrected chi connectivity index (χ4v) is 1.24. The lowest BCUT2D eigenvalue weighted by Gasteiger charge is -2.01. The van der Waals surface area contributed by atoms with E-state index in [2.05, 4.69) is 9.97 Å². The molecule has 0 fully saturated rings. The largest absolute Gasteiger partial charge is 0.399 e. The molecular formula is C11H11N3. The molecule has 1 aromatic heterocycles. The normalized spacial score (nSPS) is 10.1. The Kier molecular flexibility index (Phi) is 2.14. The number of nitrogens with zero attached hydrogens (tertiary/aromatic N) is 2. The molecule has 0 radical (unpaired) electrons. The molecule has 3 heteroatoms. The minimum absolute atomic E-state index is 0.741. The number of hydrogen-bond donors (Lipinski definition) is 1. The molecule has 1 heterocycles. The summed E-state index contributed by atoms with van der Waals surface area (Å²) in [6, 6.07) is 7.62. The van der Waals surface area contributed by atoms with E-state index in [1.54, 1.807) is 12.4 Å². The van der Waals surface area contributed by atoms with Crippen molar-refractivity contribution in [2.75, 3.05) is 5.73 Å². The topological polar surface area (TPSA) is 51.8 Å². The lowest BCUT2D eigenvalue weighted by Crippen LogP contribution is -1.89. The van der Waals surface area contributed by atoms with Crippen molar-refractivity contribution in [2.45, 2.75) is 6.92 Å². The first kappa shape index (κ1) is 8.69. The number of nitrogens with two attached hydrogens (primary N) is 1. The van der Waals surface area contributed by atoms with Gasteiger partial charge in [0.2, 0.25) is 0 Å². The molecule has 0 saturated carbocycles. The Bertz CT molecular complexity index is 435. The van der Waals surface area contributed by atoms with Gasteiger partial charge in [-0.1, -0.05) is 12.1 Å². The second kappa shape index (κ2) is 3.46. The summed E-state index contributed by atoms with van der Waals surface area (Å²) in [5, 5.41) is 0. The van der Waals surface area contributed by atoms with Crippen LogP contribution in [0.4, 0.5) is 5.69 Å². The summed E-state index contributed by atoms with van der Waals surface area (Å²) in [7, 11) is 0. The third-order valence-corrected chi connectivity index (χ3v) is 1.96. The lowest BCUT2D eigenvalue weighted by molar-refractivity contribution is 1.12. The van der Waals surface area contributed by atoms with E-state index in [4.69, 9.17) is 5.73 Å². The van der Waals surface area contributed by atoms with Crippen molar-refractivity contribution < 1.29 is 0 Å². The van der Waals surface area contributed by atoms with Crippen LogP contribution in [0.5, 0.6) is 0 Å². The molecule has 2 aromatic rings. The van der Waals surface area contributed by atoms with Gasteiger partial charge in [-0.25, -0.2) is 0 Å². The van der Waals surface area contributed by atoms with Crippen LogP contribution in [-0.2, 0) is 0 Å². The fraction of sp³-hybridized carbons (Fsp3) is 0.0909. The summed E-state index contributed by atoms with van der Waals surface area (Å²) in [6.45, 7) is 1.91. The first-order valence-electron chi connectivity index (χ1n) is 4.40. The third-order valence-electron chi connectivity index (χ3n) is 1.96. The van der Waals surface area contributed by atoms with Crippen LogP contribution in [-0.4, -0.2) is 9.97 Å². The molecule has 70 valence electrons. The quantitative estimate of drug-likeness (QED) is 0.691. The highest BCUT2D eigenvalue weighted by Crippen LogP contribution is 2.17. The number of anilines is 1. The summed E-state index contributed by atoms with van der Waals surface area (Å²) < 4.78 is 0. The monoisotopic (exact) mass is 185 g/mol. The van der Waals surface area contributed by atoms with Crippen LogP contribution >= 0.6 is 0 Å². The summed E-state index contributed by atoms with van der Waals surface area (Å²) >= 11 is 0. The maximum absolute atomic E-state index is 5.68. The predicted octanol–water partition coefficient (Wildman–Crippen LogP) is 2.03. The van der Waals surface area contributed by atoms with E-state index < -0.39 is 0 Å². The summed E-state index contributed by atoms with van der Waals surface area (Å²) in [5.74, 6) is 0. The van der Waals surface area contributed by atoms with Crippen molar-refractivity contribution in [1.82, 2.24) is 9.97 Å². The van der Waals surface area contributed by atoms with Gasteiger partial charge in [-0.05, 0) is 19.1 Å². The molecule has 2 rings (SSSR count). The fourth-order valence-electron chi connectivity index (χ4n) is 1.24. The van der Waals surface area contributed by atoms with Crippen molar-refractivity contribution in [3.8, 4) is 11.3 Å². The first-order chi connectivity index (χ1) is 6.75. The zero-order valence-corrected chi connectivity index (χ0v) is 7.94. The standard InChI is InChI=1S/C11H11N3/c1-8-6-14-11(7-13-8)9-3-2-4-10(12)5-9/h2-7H,12H2,1H3. The van der Waals surface area contributed by atoms with Gasteiger partial charge in [0.25, 0.3) is 0 Å². The van der Waals surface area contributed by atoms with Crippen LogP contribution in [0.15, 0.2) is 36.7 Å². The first-order valence-corrected chi connectivity index (χ1v) is 4.40. The predicted molar refractivity (Wildman–Crippen MR) is 56.6 cm³/mol. The maximum atomic E-state index is 5.68. The minimum atomic E-state index is 0.741. The molecule has 0 spiro atoms. The van der Waals surface area contributed by atoms with Crippen molar-refractivity contribution in [2.24, 2.45) is 0 Å². The Hall–Kier alpha value is -1.90.